The van der Waals surface area contributed by atoms with Crippen molar-refractivity contribution in [1.29, 1.82) is 5.26 Å². The Bertz CT molecular complexity index is 746. The number of ether oxygens (including phenoxy) is 1. The van der Waals surface area contributed by atoms with Crippen LogP contribution in [0.1, 0.15) is 23.2 Å². The van der Waals surface area contributed by atoms with Crippen LogP contribution in [0.4, 0.5) is 10.2 Å². The summed E-state index contributed by atoms with van der Waals surface area (Å²) in [5, 5.41) is 11.1. The Labute approximate surface area is 137 Å². The van der Waals surface area contributed by atoms with E-state index in [1.807, 2.05) is 6.07 Å². The van der Waals surface area contributed by atoms with E-state index in [2.05, 4.69) is 10.3 Å². The first-order chi connectivity index (χ1) is 11.1. The molecule has 0 saturated heterocycles. The molecule has 0 spiro atoms. The number of aromatic nitrogens is 1. The summed E-state index contributed by atoms with van der Waals surface area (Å²) in [6.07, 6.45) is 2.46. The average Bonchev–Trinajstić information content (AvgIpc) is 2.53. The van der Waals surface area contributed by atoms with E-state index >= 15 is 0 Å². The molecule has 23 heavy (non-hydrogen) atoms. The van der Waals surface area contributed by atoms with Gasteiger partial charge in [0, 0.05) is 12.6 Å². The van der Waals surface area contributed by atoms with E-state index in [0.29, 0.717) is 25.2 Å². The highest BCUT2D eigenvalue weighted by Gasteiger charge is 2.14. The SMILES string of the molecule is N#CCCCOc1cccnc1NC(=O)c1ccc(F)cc1Cl. The average molecular weight is 334 g/mol. The molecule has 0 aliphatic rings. The lowest BCUT2D eigenvalue weighted by Crippen LogP contribution is -2.15. The van der Waals surface area contributed by atoms with Gasteiger partial charge in [0.25, 0.3) is 5.91 Å². The highest BCUT2D eigenvalue weighted by atomic mass is 35.5. The molecular weight excluding hydrogens is 321 g/mol. The minimum absolute atomic E-state index is 0.00918. The lowest BCUT2D eigenvalue weighted by Gasteiger charge is -2.11. The van der Waals surface area contributed by atoms with Crippen molar-refractivity contribution < 1.29 is 13.9 Å². The van der Waals surface area contributed by atoms with Crippen LogP contribution in [0, 0.1) is 17.1 Å². The van der Waals surface area contributed by atoms with Gasteiger partial charge in [-0.15, -0.1) is 0 Å². The molecule has 2 rings (SSSR count). The first-order valence-corrected chi connectivity index (χ1v) is 7.21. The van der Waals surface area contributed by atoms with E-state index in [0.717, 1.165) is 12.1 Å². The van der Waals surface area contributed by atoms with Crippen molar-refractivity contribution in [3.05, 3.63) is 52.9 Å². The number of rotatable bonds is 6. The second-order valence-corrected chi connectivity index (χ2v) is 4.95. The molecule has 1 aromatic carbocycles. The smallest absolute Gasteiger partial charge is 0.258 e. The number of amides is 1. The molecule has 118 valence electrons. The van der Waals surface area contributed by atoms with Crippen LogP contribution in [-0.4, -0.2) is 17.5 Å². The zero-order chi connectivity index (χ0) is 16.7. The molecule has 0 aliphatic carbocycles. The van der Waals surface area contributed by atoms with Crippen LogP contribution < -0.4 is 10.1 Å². The number of benzene rings is 1. The van der Waals surface area contributed by atoms with E-state index in [1.54, 1.807) is 12.1 Å². The Hall–Kier alpha value is -2.65. The third-order valence-corrected chi connectivity index (χ3v) is 3.18. The molecule has 0 atom stereocenters. The van der Waals surface area contributed by atoms with Crippen LogP contribution in [0.25, 0.3) is 0 Å². The van der Waals surface area contributed by atoms with Gasteiger partial charge in [0.1, 0.15) is 5.82 Å². The summed E-state index contributed by atoms with van der Waals surface area (Å²) in [6, 6.07) is 8.85. The zero-order valence-corrected chi connectivity index (χ0v) is 12.8. The number of anilines is 1. The van der Waals surface area contributed by atoms with Gasteiger partial charge >= 0.3 is 0 Å². The fourth-order valence-corrected chi connectivity index (χ4v) is 2.04. The maximum atomic E-state index is 13.0. The summed E-state index contributed by atoms with van der Waals surface area (Å²) >= 11 is 5.87. The zero-order valence-electron chi connectivity index (χ0n) is 12.1. The number of nitrogens with one attached hydrogen (secondary N) is 1. The summed E-state index contributed by atoms with van der Waals surface area (Å²) in [7, 11) is 0. The predicted octanol–water partition coefficient (Wildman–Crippen LogP) is 3.81. The number of nitrogens with zero attached hydrogens (tertiary/aromatic N) is 2. The van der Waals surface area contributed by atoms with E-state index in [1.165, 1.54) is 12.3 Å². The normalized spacial score (nSPS) is 9.96. The summed E-state index contributed by atoms with van der Waals surface area (Å²) in [4.78, 5) is 16.3. The Kier molecular flexibility index (Phi) is 5.89. The van der Waals surface area contributed by atoms with Crippen molar-refractivity contribution >= 4 is 23.3 Å². The van der Waals surface area contributed by atoms with Crippen LogP contribution in [0.2, 0.25) is 5.02 Å². The van der Waals surface area contributed by atoms with E-state index in [4.69, 9.17) is 21.6 Å². The van der Waals surface area contributed by atoms with Crippen molar-refractivity contribution in [2.45, 2.75) is 12.8 Å². The van der Waals surface area contributed by atoms with E-state index < -0.39 is 11.7 Å². The molecule has 0 fully saturated rings. The minimum Gasteiger partial charge on any atom is -0.490 e. The maximum Gasteiger partial charge on any atom is 0.258 e. The van der Waals surface area contributed by atoms with Crippen LogP contribution in [-0.2, 0) is 0 Å². The Morgan fingerprint density at radius 1 is 1.43 bits per heavy atom. The van der Waals surface area contributed by atoms with Gasteiger partial charge in [-0.3, -0.25) is 4.79 Å². The highest BCUT2D eigenvalue weighted by Crippen LogP contribution is 2.24. The molecular formula is C16H13ClFN3O2. The molecule has 0 unspecified atom stereocenters. The molecule has 0 saturated carbocycles. The van der Waals surface area contributed by atoms with Crippen LogP contribution in [0.3, 0.4) is 0 Å². The number of carbonyl (C=O) groups is 1. The summed E-state index contributed by atoms with van der Waals surface area (Å²) in [5.41, 5.74) is 0.133. The number of pyridine rings is 1. The number of unbranched alkanes of at least 4 members (excludes halogenated alkanes) is 1. The Morgan fingerprint density at radius 2 is 2.26 bits per heavy atom. The van der Waals surface area contributed by atoms with Crippen molar-refractivity contribution in [3.8, 4) is 11.8 Å². The van der Waals surface area contributed by atoms with Gasteiger partial charge < -0.3 is 10.1 Å². The van der Waals surface area contributed by atoms with Gasteiger partial charge in [-0.2, -0.15) is 5.26 Å². The standard InChI is InChI=1S/C16H13ClFN3O2/c17-13-10-11(18)5-6-12(13)16(22)21-15-14(4-3-8-20-15)23-9-2-1-7-19/h3-6,8,10H,1-2,9H2,(H,20,21,22). The first-order valence-electron chi connectivity index (χ1n) is 6.83. The monoisotopic (exact) mass is 333 g/mol. The van der Waals surface area contributed by atoms with E-state index in [9.17, 15) is 9.18 Å². The van der Waals surface area contributed by atoms with Crippen molar-refractivity contribution in [2.75, 3.05) is 11.9 Å². The van der Waals surface area contributed by atoms with Gasteiger partial charge in [-0.1, -0.05) is 11.6 Å². The third-order valence-electron chi connectivity index (χ3n) is 2.87. The second-order valence-electron chi connectivity index (χ2n) is 4.54. The molecule has 0 aliphatic heterocycles. The first kappa shape index (κ1) is 16.7. The number of halogens is 2. The second kappa shape index (κ2) is 8.11. The maximum absolute atomic E-state index is 13.0. The van der Waals surface area contributed by atoms with Crippen molar-refractivity contribution in [1.82, 2.24) is 4.98 Å². The highest BCUT2D eigenvalue weighted by molar-refractivity contribution is 6.34. The van der Waals surface area contributed by atoms with E-state index in [-0.39, 0.29) is 16.4 Å². The molecule has 1 heterocycles. The summed E-state index contributed by atoms with van der Waals surface area (Å²) < 4.78 is 18.5. The van der Waals surface area contributed by atoms with Gasteiger partial charge in [-0.25, -0.2) is 9.37 Å². The molecule has 1 amide bonds. The predicted molar refractivity (Wildman–Crippen MR) is 83.9 cm³/mol. The van der Waals surface area contributed by atoms with Crippen LogP contribution in [0.5, 0.6) is 5.75 Å². The minimum atomic E-state index is -0.522. The fourth-order valence-electron chi connectivity index (χ4n) is 1.78. The van der Waals surface area contributed by atoms with Gasteiger partial charge in [-0.05, 0) is 36.8 Å². The quantitative estimate of drug-likeness (QED) is 0.816. The summed E-state index contributed by atoms with van der Waals surface area (Å²) in [6.45, 7) is 0.333. The van der Waals surface area contributed by atoms with Gasteiger partial charge in [0.05, 0.1) is 23.3 Å². The molecule has 0 radical (unpaired) electrons. The van der Waals surface area contributed by atoms with Gasteiger partial charge in [0.2, 0.25) is 0 Å². The number of hydrogen-bond acceptors (Lipinski definition) is 4. The Balaban J connectivity index is 2.10. The largest absolute Gasteiger partial charge is 0.490 e. The van der Waals surface area contributed by atoms with Crippen LogP contribution in [0.15, 0.2) is 36.5 Å². The molecule has 2 aromatic rings. The lowest BCUT2D eigenvalue weighted by molar-refractivity contribution is 0.102. The fraction of sp³-hybridized carbons (Fsp3) is 0.188. The van der Waals surface area contributed by atoms with Crippen molar-refractivity contribution in [3.63, 3.8) is 0 Å². The van der Waals surface area contributed by atoms with Crippen LogP contribution >= 0.6 is 11.6 Å². The molecule has 1 aromatic heterocycles. The number of nitriles is 1. The van der Waals surface area contributed by atoms with Gasteiger partial charge in [0.15, 0.2) is 11.6 Å². The summed E-state index contributed by atoms with van der Waals surface area (Å²) in [5.74, 6) is -0.423. The molecule has 0 bridgehead atoms. The molecule has 5 nitrogen and oxygen atoms in total. The van der Waals surface area contributed by atoms with Crippen molar-refractivity contribution in [2.24, 2.45) is 0 Å². The number of hydrogen-bond donors (Lipinski definition) is 1. The topological polar surface area (TPSA) is 75.0 Å². The lowest BCUT2D eigenvalue weighted by atomic mass is 10.2. The number of carbonyl (C=O) groups excluding carboxylic acids is 1. The molecule has 7 heteroatoms. The molecule has 1 N–H and O–H groups in total. The Morgan fingerprint density at radius 3 is 3.00 bits per heavy atom. The third kappa shape index (κ3) is 4.66.